The molecular formula is C12H14O5S. The van der Waals surface area contributed by atoms with Crippen LogP contribution in [0.1, 0.15) is 6.92 Å². The van der Waals surface area contributed by atoms with Gasteiger partial charge in [0, 0.05) is 4.90 Å². The number of hydrogen-bond donors (Lipinski definition) is 0. The van der Waals surface area contributed by atoms with Crippen molar-refractivity contribution in [2.75, 3.05) is 19.0 Å². The van der Waals surface area contributed by atoms with E-state index in [0.717, 1.165) is 0 Å². The van der Waals surface area contributed by atoms with Crippen molar-refractivity contribution in [3.8, 4) is 0 Å². The SMILES string of the molecule is CCOC(=O)COC(=O)CS(=O)c1ccccc1. The van der Waals surface area contributed by atoms with Gasteiger partial charge in [-0.05, 0) is 19.1 Å². The lowest BCUT2D eigenvalue weighted by molar-refractivity contribution is -0.156. The van der Waals surface area contributed by atoms with Crippen LogP contribution in [0.25, 0.3) is 0 Å². The number of carbonyl (C=O) groups excluding carboxylic acids is 2. The van der Waals surface area contributed by atoms with Crippen molar-refractivity contribution in [2.45, 2.75) is 11.8 Å². The second-order valence-electron chi connectivity index (χ2n) is 3.27. The maximum absolute atomic E-state index is 11.7. The molecule has 5 nitrogen and oxygen atoms in total. The van der Waals surface area contributed by atoms with E-state index < -0.39 is 29.3 Å². The molecule has 0 aliphatic rings. The van der Waals surface area contributed by atoms with Crippen LogP contribution in [0.15, 0.2) is 35.2 Å². The summed E-state index contributed by atoms with van der Waals surface area (Å²) in [5.41, 5.74) is 0. The van der Waals surface area contributed by atoms with E-state index in [1.165, 1.54) is 0 Å². The van der Waals surface area contributed by atoms with Gasteiger partial charge in [-0.15, -0.1) is 0 Å². The third kappa shape index (κ3) is 5.09. The fourth-order valence-corrected chi connectivity index (χ4v) is 2.07. The third-order valence-electron chi connectivity index (χ3n) is 1.91. The highest BCUT2D eigenvalue weighted by molar-refractivity contribution is 7.85. The lowest BCUT2D eigenvalue weighted by atomic mass is 10.4. The summed E-state index contributed by atoms with van der Waals surface area (Å²) >= 11 is 0. The van der Waals surface area contributed by atoms with E-state index >= 15 is 0 Å². The molecule has 0 spiro atoms. The zero-order chi connectivity index (χ0) is 13.4. The van der Waals surface area contributed by atoms with Crippen molar-refractivity contribution in [2.24, 2.45) is 0 Å². The molecular weight excluding hydrogens is 256 g/mol. The van der Waals surface area contributed by atoms with Gasteiger partial charge < -0.3 is 9.47 Å². The predicted octanol–water partition coefficient (Wildman–Crippen LogP) is 0.900. The first kappa shape index (κ1) is 14.4. The number of hydrogen-bond acceptors (Lipinski definition) is 5. The normalized spacial score (nSPS) is 11.6. The van der Waals surface area contributed by atoms with Crippen LogP contribution in [0.3, 0.4) is 0 Å². The Kier molecular flexibility index (Phi) is 6.07. The molecule has 18 heavy (non-hydrogen) atoms. The molecule has 0 bridgehead atoms. The lowest BCUT2D eigenvalue weighted by Crippen LogP contribution is -2.20. The molecule has 0 saturated heterocycles. The monoisotopic (exact) mass is 270 g/mol. The highest BCUT2D eigenvalue weighted by atomic mass is 32.2. The van der Waals surface area contributed by atoms with Gasteiger partial charge in [0.2, 0.25) is 0 Å². The van der Waals surface area contributed by atoms with Crippen molar-refractivity contribution >= 4 is 22.7 Å². The average molecular weight is 270 g/mol. The first-order chi connectivity index (χ1) is 8.63. The summed E-state index contributed by atoms with van der Waals surface area (Å²) in [4.78, 5) is 22.8. The molecule has 0 fully saturated rings. The van der Waals surface area contributed by atoms with E-state index in [-0.39, 0.29) is 12.4 Å². The molecule has 0 saturated carbocycles. The Hall–Kier alpha value is -1.69. The first-order valence-corrected chi connectivity index (χ1v) is 6.70. The number of carbonyl (C=O) groups is 2. The fraction of sp³-hybridized carbons (Fsp3) is 0.333. The summed E-state index contributed by atoms with van der Waals surface area (Å²) in [6.07, 6.45) is 0. The molecule has 0 heterocycles. The average Bonchev–Trinajstić information content (AvgIpc) is 2.38. The Morgan fingerprint density at radius 1 is 1.11 bits per heavy atom. The zero-order valence-corrected chi connectivity index (χ0v) is 10.8. The second-order valence-corrected chi connectivity index (χ2v) is 4.72. The summed E-state index contributed by atoms with van der Waals surface area (Å²) in [6.45, 7) is 1.44. The van der Waals surface area contributed by atoms with Gasteiger partial charge in [-0.2, -0.15) is 0 Å². The molecule has 1 aromatic rings. The molecule has 6 heteroatoms. The van der Waals surface area contributed by atoms with E-state index in [4.69, 9.17) is 0 Å². The molecule has 1 aromatic carbocycles. The Balaban J connectivity index is 2.37. The highest BCUT2D eigenvalue weighted by Gasteiger charge is 2.13. The van der Waals surface area contributed by atoms with Crippen LogP contribution >= 0.6 is 0 Å². The maximum Gasteiger partial charge on any atom is 0.344 e. The minimum atomic E-state index is -1.46. The largest absolute Gasteiger partial charge is 0.463 e. The third-order valence-corrected chi connectivity index (χ3v) is 3.21. The quantitative estimate of drug-likeness (QED) is 0.718. The Morgan fingerprint density at radius 3 is 2.39 bits per heavy atom. The number of esters is 2. The van der Waals surface area contributed by atoms with Crippen molar-refractivity contribution in [1.29, 1.82) is 0 Å². The van der Waals surface area contributed by atoms with Crippen LogP contribution in [0, 0.1) is 0 Å². The number of benzene rings is 1. The molecule has 0 aliphatic carbocycles. The van der Waals surface area contributed by atoms with Crippen LogP contribution in [0.4, 0.5) is 0 Å². The van der Waals surface area contributed by atoms with Crippen LogP contribution in [-0.2, 0) is 29.9 Å². The van der Waals surface area contributed by atoms with E-state index in [1.807, 2.05) is 0 Å². The lowest BCUT2D eigenvalue weighted by Gasteiger charge is -2.04. The summed E-state index contributed by atoms with van der Waals surface area (Å²) < 4.78 is 21.0. The van der Waals surface area contributed by atoms with Gasteiger partial charge in [-0.25, -0.2) is 4.79 Å². The van der Waals surface area contributed by atoms with E-state index in [9.17, 15) is 13.8 Å². The molecule has 0 aromatic heterocycles. The molecule has 0 radical (unpaired) electrons. The van der Waals surface area contributed by atoms with Crippen LogP contribution in [0.5, 0.6) is 0 Å². The molecule has 98 valence electrons. The van der Waals surface area contributed by atoms with Gasteiger partial charge in [-0.1, -0.05) is 18.2 Å². The van der Waals surface area contributed by atoms with Crippen LogP contribution in [0.2, 0.25) is 0 Å². The van der Waals surface area contributed by atoms with Gasteiger partial charge in [0.1, 0.15) is 5.75 Å². The van der Waals surface area contributed by atoms with E-state index in [0.29, 0.717) is 4.90 Å². The van der Waals surface area contributed by atoms with Gasteiger partial charge in [0.15, 0.2) is 6.61 Å². The van der Waals surface area contributed by atoms with Crippen molar-refractivity contribution in [3.05, 3.63) is 30.3 Å². The minimum Gasteiger partial charge on any atom is -0.463 e. The van der Waals surface area contributed by atoms with Crippen LogP contribution < -0.4 is 0 Å². The van der Waals surface area contributed by atoms with Gasteiger partial charge in [0.05, 0.1) is 17.4 Å². The van der Waals surface area contributed by atoms with E-state index in [2.05, 4.69) is 9.47 Å². The molecule has 1 unspecified atom stereocenters. The smallest absolute Gasteiger partial charge is 0.344 e. The molecule has 0 N–H and O–H groups in total. The van der Waals surface area contributed by atoms with Gasteiger partial charge in [0.25, 0.3) is 0 Å². The van der Waals surface area contributed by atoms with Crippen LogP contribution in [-0.4, -0.2) is 35.1 Å². The summed E-state index contributed by atoms with van der Waals surface area (Å²) in [5, 5.41) is 0. The Labute approximate surface area is 108 Å². The fourth-order valence-electron chi connectivity index (χ4n) is 1.15. The number of ether oxygens (including phenoxy) is 2. The summed E-state index contributed by atoms with van der Waals surface area (Å²) in [7, 11) is -1.46. The topological polar surface area (TPSA) is 69.7 Å². The van der Waals surface area contributed by atoms with Gasteiger partial charge in [-0.3, -0.25) is 9.00 Å². The van der Waals surface area contributed by atoms with Gasteiger partial charge >= 0.3 is 11.9 Å². The Bertz CT molecular complexity index is 429. The molecule has 1 rings (SSSR count). The second kappa shape index (κ2) is 7.60. The predicted molar refractivity (Wildman–Crippen MR) is 65.3 cm³/mol. The molecule has 0 amide bonds. The van der Waals surface area contributed by atoms with Crippen molar-refractivity contribution in [1.82, 2.24) is 0 Å². The minimum absolute atomic E-state index is 0.229. The summed E-state index contributed by atoms with van der Waals surface area (Å²) in [6, 6.07) is 8.58. The number of rotatable bonds is 6. The molecule has 1 atom stereocenters. The van der Waals surface area contributed by atoms with Crippen molar-refractivity contribution < 1.29 is 23.3 Å². The van der Waals surface area contributed by atoms with Crippen molar-refractivity contribution in [3.63, 3.8) is 0 Å². The zero-order valence-electron chi connectivity index (χ0n) is 9.96. The molecule has 0 aliphatic heterocycles. The first-order valence-electron chi connectivity index (χ1n) is 5.38. The maximum atomic E-state index is 11.7. The summed E-state index contributed by atoms with van der Waals surface area (Å²) in [5.74, 6) is -1.58. The Morgan fingerprint density at radius 2 is 1.78 bits per heavy atom. The van der Waals surface area contributed by atoms with E-state index in [1.54, 1.807) is 37.3 Å². The highest BCUT2D eigenvalue weighted by Crippen LogP contribution is 2.05. The standard InChI is InChI=1S/C12H14O5S/c1-2-16-11(13)8-17-12(14)9-18(15)10-6-4-3-5-7-10/h3-7H,2,8-9H2,1H3.